The van der Waals surface area contributed by atoms with Gasteiger partial charge < -0.3 is 20.7 Å². The number of nitrogens with one attached hydrogen (secondary N) is 3. The number of ether oxygens (including phenoxy) is 1. The Morgan fingerprint density at radius 1 is 1.53 bits per heavy atom. The SMILES string of the molecule is CNCNc1ccc2c(c1)NC(=O)CO2. The number of carbonyl (C=O) groups is 1. The molecule has 2 rings (SSSR count). The average Bonchev–Trinajstić information content (AvgIpc) is 2.25. The molecule has 1 heterocycles. The van der Waals surface area contributed by atoms with E-state index in [1.807, 2.05) is 25.2 Å². The van der Waals surface area contributed by atoms with Gasteiger partial charge in [0.1, 0.15) is 5.75 Å². The van der Waals surface area contributed by atoms with E-state index in [-0.39, 0.29) is 12.5 Å². The van der Waals surface area contributed by atoms with Gasteiger partial charge in [-0.3, -0.25) is 4.79 Å². The maximum Gasteiger partial charge on any atom is 0.262 e. The van der Waals surface area contributed by atoms with Gasteiger partial charge in [-0.05, 0) is 25.2 Å². The standard InChI is InChI=1S/C10H13N3O2/c1-11-6-12-7-2-3-9-8(4-7)13-10(14)5-15-9/h2-4,11-12H,5-6H2,1H3,(H,13,14). The largest absolute Gasteiger partial charge is 0.482 e. The minimum Gasteiger partial charge on any atom is -0.482 e. The molecule has 0 unspecified atom stereocenters. The molecule has 0 aromatic heterocycles. The Morgan fingerprint density at radius 3 is 3.20 bits per heavy atom. The van der Waals surface area contributed by atoms with Crippen molar-refractivity contribution in [2.45, 2.75) is 0 Å². The second-order valence-corrected chi connectivity index (χ2v) is 3.25. The summed E-state index contributed by atoms with van der Waals surface area (Å²) in [6.45, 7) is 0.768. The highest BCUT2D eigenvalue weighted by Crippen LogP contribution is 2.30. The Labute approximate surface area is 87.8 Å². The molecule has 0 aliphatic carbocycles. The van der Waals surface area contributed by atoms with E-state index in [1.54, 1.807) is 0 Å². The maximum absolute atomic E-state index is 11.1. The molecule has 0 atom stereocenters. The number of fused-ring (bicyclic) bond motifs is 1. The summed E-state index contributed by atoms with van der Waals surface area (Å²) >= 11 is 0. The lowest BCUT2D eigenvalue weighted by Crippen LogP contribution is -2.25. The second-order valence-electron chi connectivity index (χ2n) is 3.25. The quantitative estimate of drug-likeness (QED) is 0.635. The maximum atomic E-state index is 11.1. The van der Waals surface area contributed by atoms with E-state index >= 15 is 0 Å². The molecule has 15 heavy (non-hydrogen) atoms. The van der Waals surface area contributed by atoms with Crippen molar-refractivity contribution in [2.75, 3.05) is 31.0 Å². The zero-order valence-electron chi connectivity index (χ0n) is 8.46. The Bertz CT molecular complexity index is 379. The van der Waals surface area contributed by atoms with Gasteiger partial charge in [-0.15, -0.1) is 0 Å². The van der Waals surface area contributed by atoms with E-state index in [2.05, 4.69) is 16.0 Å². The van der Waals surface area contributed by atoms with Crippen molar-refractivity contribution >= 4 is 17.3 Å². The first-order valence-electron chi connectivity index (χ1n) is 4.75. The highest BCUT2D eigenvalue weighted by molar-refractivity contribution is 5.95. The molecule has 0 saturated heterocycles. The minimum absolute atomic E-state index is 0.0935. The predicted octanol–water partition coefficient (Wildman–Crippen LogP) is 0.606. The predicted molar refractivity (Wildman–Crippen MR) is 58.1 cm³/mol. The summed E-state index contributed by atoms with van der Waals surface area (Å²) in [4.78, 5) is 11.1. The van der Waals surface area contributed by atoms with Crippen molar-refractivity contribution in [3.63, 3.8) is 0 Å². The van der Waals surface area contributed by atoms with Gasteiger partial charge in [-0.1, -0.05) is 0 Å². The number of hydrogen-bond donors (Lipinski definition) is 3. The van der Waals surface area contributed by atoms with Crippen molar-refractivity contribution in [3.05, 3.63) is 18.2 Å². The zero-order chi connectivity index (χ0) is 10.7. The Balaban J connectivity index is 2.17. The van der Waals surface area contributed by atoms with Crippen LogP contribution in [0.1, 0.15) is 0 Å². The third kappa shape index (κ3) is 2.19. The molecule has 0 bridgehead atoms. The zero-order valence-corrected chi connectivity index (χ0v) is 8.46. The van der Waals surface area contributed by atoms with Crippen LogP contribution in [0, 0.1) is 0 Å². The molecule has 3 N–H and O–H groups in total. The van der Waals surface area contributed by atoms with Gasteiger partial charge in [0, 0.05) is 5.69 Å². The van der Waals surface area contributed by atoms with E-state index < -0.39 is 0 Å². The minimum atomic E-state index is -0.117. The van der Waals surface area contributed by atoms with Gasteiger partial charge in [0.25, 0.3) is 5.91 Å². The molecule has 1 aliphatic heterocycles. The summed E-state index contributed by atoms with van der Waals surface area (Å²) in [7, 11) is 1.86. The van der Waals surface area contributed by atoms with E-state index in [0.29, 0.717) is 18.1 Å². The molecule has 0 spiro atoms. The number of rotatable bonds is 3. The van der Waals surface area contributed by atoms with Crippen LogP contribution in [0.2, 0.25) is 0 Å². The third-order valence-electron chi connectivity index (χ3n) is 2.08. The van der Waals surface area contributed by atoms with Crippen LogP contribution in [-0.2, 0) is 4.79 Å². The molecule has 1 aromatic rings. The van der Waals surface area contributed by atoms with Gasteiger partial charge >= 0.3 is 0 Å². The number of hydrogen-bond acceptors (Lipinski definition) is 4. The molecule has 0 radical (unpaired) electrons. The topological polar surface area (TPSA) is 62.4 Å². The van der Waals surface area contributed by atoms with Crippen LogP contribution in [0.4, 0.5) is 11.4 Å². The Kier molecular flexibility index (Phi) is 2.73. The van der Waals surface area contributed by atoms with Crippen LogP contribution in [-0.4, -0.2) is 26.2 Å². The van der Waals surface area contributed by atoms with Gasteiger partial charge in [0.15, 0.2) is 6.61 Å². The fourth-order valence-corrected chi connectivity index (χ4v) is 1.38. The van der Waals surface area contributed by atoms with Crippen molar-refractivity contribution in [3.8, 4) is 5.75 Å². The van der Waals surface area contributed by atoms with Crippen LogP contribution >= 0.6 is 0 Å². The lowest BCUT2D eigenvalue weighted by molar-refractivity contribution is -0.118. The molecule has 1 aliphatic rings. The number of benzene rings is 1. The van der Waals surface area contributed by atoms with Gasteiger partial charge in [0.2, 0.25) is 0 Å². The molecular formula is C10H13N3O2. The highest BCUT2D eigenvalue weighted by atomic mass is 16.5. The first-order valence-corrected chi connectivity index (χ1v) is 4.75. The van der Waals surface area contributed by atoms with E-state index in [4.69, 9.17) is 4.74 Å². The molecule has 1 aromatic carbocycles. The van der Waals surface area contributed by atoms with Crippen LogP contribution in [0.15, 0.2) is 18.2 Å². The normalized spacial score (nSPS) is 13.8. The molecule has 5 nitrogen and oxygen atoms in total. The van der Waals surface area contributed by atoms with Crippen LogP contribution < -0.4 is 20.7 Å². The van der Waals surface area contributed by atoms with E-state index in [0.717, 1.165) is 5.69 Å². The molecule has 5 heteroatoms. The Hall–Kier alpha value is -1.75. The summed E-state index contributed by atoms with van der Waals surface area (Å²) in [6, 6.07) is 5.60. The number of carbonyl (C=O) groups excluding carboxylic acids is 1. The van der Waals surface area contributed by atoms with Crippen LogP contribution in [0.5, 0.6) is 5.75 Å². The van der Waals surface area contributed by atoms with E-state index in [1.165, 1.54) is 0 Å². The molecular weight excluding hydrogens is 194 g/mol. The molecule has 0 fully saturated rings. The lowest BCUT2D eigenvalue weighted by atomic mass is 10.2. The third-order valence-corrected chi connectivity index (χ3v) is 2.08. The molecule has 1 amide bonds. The fraction of sp³-hybridized carbons (Fsp3) is 0.300. The second kappa shape index (κ2) is 4.18. The first kappa shape index (κ1) is 9.79. The van der Waals surface area contributed by atoms with Crippen molar-refractivity contribution in [2.24, 2.45) is 0 Å². The highest BCUT2D eigenvalue weighted by Gasteiger charge is 2.15. The fourth-order valence-electron chi connectivity index (χ4n) is 1.38. The van der Waals surface area contributed by atoms with Crippen LogP contribution in [0.3, 0.4) is 0 Å². The lowest BCUT2D eigenvalue weighted by Gasteiger charge is -2.18. The summed E-state index contributed by atoms with van der Waals surface area (Å²) in [6.07, 6.45) is 0. The first-order chi connectivity index (χ1) is 7.29. The molecule has 0 saturated carbocycles. The average molecular weight is 207 g/mol. The van der Waals surface area contributed by atoms with Crippen LogP contribution in [0.25, 0.3) is 0 Å². The smallest absolute Gasteiger partial charge is 0.262 e. The van der Waals surface area contributed by atoms with Gasteiger partial charge in [-0.2, -0.15) is 0 Å². The van der Waals surface area contributed by atoms with E-state index in [9.17, 15) is 4.79 Å². The molecule has 80 valence electrons. The van der Waals surface area contributed by atoms with Crippen molar-refractivity contribution in [1.29, 1.82) is 0 Å². The Morgan fingerprint density at radius 2 is 2.40 bits per heavy atom. The summed E-state index contributed by atoms with van der Waals surface area (Å²) < 4.78 is 5.24. The number of anilines is 2. The van der Waals surface area contributed by atoms with Gasteiger partial charge in [0.05, 0.1) is 12.4 Å². The summed E-state index contributed by atoms with van der Waals surface area (Å²) in [5, 5.41) is 8.87. The van der Waals surface area contributed by atoms with Crippen molar-refractivity contribution in [1.82, 2.24) is 5.32 Å². The number of amides is 1. The van der Waals surface area contributed by atoms with Gasteiger partial charge in [-0.25, -0.2) is 0 Å². The van der Waals surface area contributed by atoms with Crippen molar-refractivity contribution < 1.29 is 9.53 Å². The monoisotopic (exact) mass is 207 g/mol. The summed E-state index contributed by atoms with van der Waals surface area (Å²) in [5.41, 5.74) is 1.65. The summed E-state index contributed by atoms with van der Waals surface area (Å²) in [5.74, 6) is 0.595.